The number of carbonyl (C=O) groups is 1. The summed E-state index contributed by atoms with van der Waals surface area (Å²) in [6.07, 6.45) is 7.16. The third kappa shape index (κ3) is 3.64. The summed E-state index contributed by atoms with van der Waals surface area (Å²) >= 11 is 0. The summed E-state index contributed by atoms with van der Waals surface area (Å²) in [6.45, 7) is 8.27. The van der Waals surface area contributed by atoms with Crippen LogP contribution in [0, 0.1) is 0 Å². The number of carbonyl (C=O) groups excluding carboxylic acids is 1. The fourth-order valence-corrected chi connectivity index (χ4v) is 3.25. The number of fused-ring (bicyclic) bond motifs is 1. The minimum Gasteiger partial charge on any atom is -0.444 e. The van der Waals surface area contributed by atoms with E-state index in [0.717, 1.165) is 22.6 Å². The van der Waals surface area contributed by atoms with Crippen LogP contribution in [-0.2, 0) is 11.8 Å². The van der Waals surface area contributed by atoms with Crippen molar-refractivity contribution in [1.82, 2.24) is 29.3 Å². The van der Waals surface area contributed by atoms with Gasteiger partial charge in [-0.25, -0.2) is 9.78 Å². The highest BCUT2D eigenvalue weighted by Crippen LogP contribution is 2.23. The van der Waals surface area contributed by atoms with Gasteiger partial charge in [0.25, 0.3) is 0 Å². The molecule has 0 N–H and O–H groups in total. The van der Waals surface area contributed by atoms with Crippen LogP contribution in [0.1, 0.15) is 20.8 Å². The summed E-state index contributed by atoms with van der Waals surface area (Å²) in [4.78, 5) is 20.7. The predicted molar refractivity (Wildman–Crippen MR) is 105 cm³/mol. The normalized spacial score (nSPS) is 15.3. The van der Waals surface area contributed by atoms with Crippen molar-refractivity contribution in [1.29, 1.82) is 0 Å². The van der Waals surface area contributed by atoms with Crippen LogP contribution in [0.4, 0.5) is 10.6 Å². The highest BCUT2D eigenvalue weighted by Gasteiger charge is 2.27. The highest BCUT2D eigenvalue weighted by atomic mass is 16.6. The average Bonchev–Trinajstić information content (AvgIpc) is 3.26. The van der Waals surface area contributed by atoms with E-state index in [1.54, 1.807) is 9.58 Å². The van der Waals surface area contributed by atoms with E-state index in [9.17, 15) is 4.79 Å². The Bertz CT molecular complexity index is 993. The van der Waals surface area contributed by atoms with Gasteiger partial charge < -0.3 is 14.5 Å². The minimum atomic E-state index is -0.480. The van der Waals surface area contributed by atoms with Crippen LogP contribution in [-0.4, -0.2) is 67.2 Å². The van der Waals surface area contributed by atoms with Crippen LogP contribution in [0.25, 0.3) is 16.8 Å². The van der Waals surface area contributed by atoms with Crippen molar-refractivity contribution in [3.8, 4) is 11.1 Å². The lowest BCUT2D eigenvalue weighted by Crippen LogP contribution is -2.50. The number of nitrogens with zero attached hydrogens (tertiary/aromatic N) is 7. The molecule has 0 aromatic carbocycles. The Morgan fingerprint density at radius 2 is 1.75 bits per heavy atom. The molecule has 0 aliphatic carbocycles. The molecule has 1 aliphatic heterocycles. The second-order valence-electron chi connectivity index (χ2n) is 7.99. The topological polar surface area (TPSA) is 80.8 Å². The van der Waals surface area contributed by atoms with E-state index in [1.807, 2.05) is 63.2 Å². The molecule has 0 saturated carbocycles. The summed E-state index contributed by atoms with van der Waals surface area (Å²) < 4.78 is 9.06. The average molecular weight is 383 g/mol. The fraction of sp³-hybridized carbons (Fsp3) is 0.474. The summed E-state index contributed by atoms with van der Waals surface area (Å²) in [5.74, 6) is 0.927. The van der Waals surface area contributed by atoms with Gasteiger partial charge in [0.1, 0.15) is 5.60 Å². The van der Waals surface area contributed by atoms with E-state index < -0.39 is 5.60 Å². The van der Waals surface area contributed by atoms with E-state index in [4.69, 9.17) is 4.74 Å². The summed E-state index contributed by atoms with van der Waals surface area (Å²) in [5.41, 5.74) is 2.29. The summed E-state index contributed by atoms with van der Waals surface area (Å²) in [6, 6.07) is 2.00. The Kier molecular flexibility index (Phi) is 4.44. The van der Waals surface area contributed by atoms with E-state index in [1.165, 1.54) is 0 Å². The zero-order valence-electron chi connectivity index (χ0n) is 16.7. The van der Waals surface area contributed by atoms with Crippen molar-refractivity contribution in [2.75, 3.05) is 31.1 Å². The van der Waals surface area contributed by atoms with Crippen LogP contribution in [0.2, 0.25) is 0 Å². The molecule has 4 rings (SSSR count). The predicted octanol–water partition coefficient (Wildman–Crippen LogP) is 2.19. The lowest BCUT2D eigenvalue weighted by atomic mass is 10.2. The van der Waals surface area contributed by atoms with Gasteiger partial charge in [0.15, 0.2) is 11.5 Å². The first-order chi connectivity index (χ1) is 13.3. The number of hydrogen-bond donors (Lipinski definition) is 0. The third-order valence-corrected chi connectivity index (χ3v) is 4.64. The van der Waals surface area contributed by atoms with Gasteiger partial charge in [0.05, 0.1) is 18.6 Å². The number of piperazine rings is 1. The molecule has 0 unspecified atom stereocenters. The minimum absolute atomic E-state index is 0.260. The van der Waals surface area contributed by atoms with E-state index in [0.29, 0.717) is 26.2 Å². The van der Waals surface area contributed by atoms with E-state index >= 15 is 0 Å². The molecule has 3 aromatic heterocycles. The van der Waals surface area contributed by atoms with Crippen LogP contribution in [0.3, 0.4) is 0 Å². The zero-order valence-corrected chi connectivity index (χ0v) is 16.7. The van der Waals surface area contributed by atoms with Crippen LogP contribution >= 0.6 is 0 Å². The Morgan fingerprint density at radius 1 is 1.04 bits per heavy atom. The third-order valence-electron chi connectivity index (χ3n) is 4.64. The molecule has 1 fully saturated rings. The molecule has 0 spiro atoms. The maximum Gasteiger partial charge on any atom is 0.410 e. The first-order valence-electron chi connectivity index (χ1n) is 9.36. The quantitative estimate of drug-likeness (QED) is 0.675. The standard InChI is InChI=1S/C19H25N7O2/c1-19(2,3)28-18(27)25-7-5-24(6-8-25)17-12-20-16-9-14(10-22-26(16)17)15-11-21-23(4)13-15/h9-13H,5-8H2,1-4H3. The number of amides is 1. The number of anilines is 1. The lowest BCUT2D eigenvalue weighted by Gasteiger charge is -2.36. The van der Waals surface area contributed by atoms with Gasteiger partial charge in [0.2, 0.25) is 0 Å². The van der Waals surface area contributed by atoms with Gasteiger partial charge >= 0.3 is 6.09 Å². The van der Waals surface area contributed by atoms with Crippen molar-refractivity contribution < 1.29 is 9.53 Å². The molecule has 0 radical (unpaired) electrons. The maximum absolute atomic E-state index is 12.2. The molecular weight excluding hydrogens is 358 g/mol. The van der Waals surface area contributed by atoms with Gasteiger partial charge in [-0.2, -0.15) is 14.7 Å². The summed E-state index contributed by atoms with van der Waals surface area (Å²) in [5, 5.41) is 8.78. The number of imidazole rings is 1. The molecule has 0 atom stereocenters. The molecule has 0 bridgehead atoms. The van der Waals surface area contributed by atoms with Gasteiger partial charge in [-0.3, -0.25) is 4.68 Å². The van der Waals surface area contributed by atoms with Crippen LogP contribution in [0.5, 0.6) is 0 Å². The molecule has 1 saturated heterocycles. The van der Waals surface area contributed by atoms with Gasteiger partial charge in [0, 0.05) is 50.6 Å². The fourth-order valence-electron chi connectivity index (χ4n) is 3.25. The maximum atomic E-state index is 12.2. The lowest BCUT2D eigenvalue weighted by molar-refractivity contribution is 0.0240. The van der Waals surface area contributed by atoms with Gasteiger partial charge in [-0.05, 0) is 26.8 Å². The molecular formula is C19H25N7O2. The second kappa shape index (κ2) is 6.81. The number of rotatable bonds is 2. The molecule has 28 heavy (non-hydrogen) atoms. The molecule has 1 amide bonds. The Labute approximate surface area is 163 Å². The molecule has 9 nitrogen and oxygen atoms in total. The number of hydrogen-bond acceptors (Lipinski definition) is 6. The Hall–Kier alpha value is -3.10. The van der Waals surface area contributed by atoms with E-state index in [2.05, 4.69) is 20.1 Å². The van der Waals surface area contributed by atoms with Crippen LogP contribution in [0.15, 0.2) is 30.9 Å². The molecule has 148 valence electrons. The van der Waals surface area contributed by atoms with Crippen molar-refractivity contribution in [3.63, 3.8) is 0 Å². The number of ether oxygens (including phenoxy) is 1. The molecule has 4 heterocycles. The monoisotopic (exact) mass is 383 g/mol. The SMILES string of the molecule is Cn1cc(-c2cnn3c(N4CCN(C(=O)OC(C)(C)C)CC4)cnc3c2)cn1. The Balaban J connectivity index is 1.48. The van der Waals surface area contributed by atoms with E-state index in [-0.39, 0.29) is 6.09 Å². The first kappa shape index (κ1) is 18.3. The number of aryl methyl sites for hydroxylation is 1. The Morgan fingerprint density at radius 3 is 2.39 bits per heavy atom. The smallest absolute Gasteiger partial charge is 0.410 e. The number of aromatic nitrogens is 5. The molecule has 1 aliphatic rings. The van der Waals surface area contributed by atoms with Crippen molar-refractivity contribution >= 4 is 17.6 Å². The van der Waals surface area contributed by atoms with Gasteiger partial charge in [-0.1, -0.05) is 0 Å². The van der Waals surface area contributed by atoms with Gasteiger partial charge in [-0.15, -0.1) is 0 Å². The molecule has 3 aromatic rings. The van der Waals surface area contributed by atoms with Crippen molar-refractivity contribution in [2.45, 2.75) is 26.4 Å². The van der Waals surface area contributed by atoms with Crippen LogP contribution < -0.4 is 4.90 Å². The zero-order chi connectivity index (χ0) is 19.9. The van der Waals surface area contributed by atoms with Crippen molar-refractivity contribution in [2.24, 2.45) is 7.05 Å². The molecule has 9 heteroatoms. The largest absolute Gasteiger partial charge is 0.444 e. The highest BCUT2D eigenvalue weighted by molar-refractivity contribution is 5.69. The summed E-state index contributed by atoms with van der Waals surface area (Å²) in [7, 11) is 1.89. The second-order valence-corrected chi connectivity index (χ2v) is 7.99. The van der Waals surface area contributed by atoms with Crippen molar-refractivity contribution in [3.05, 3.63) is 30.9 Å². The first-order valence-corrected chi connectivity index (χ1v) is 9.36.